The van der Waals surface area contributed by atoms with Gasteiger partial charge in [-0.05, 0) is 40.0 Å². The summed E-state index contributed by atoms with van der Waals surface area (Å²) in [6, 6.07) is 0. The first-order valence-corrected chi connectivity index (χ1v) is 7.56. The third-order valence-electron chi connectivity index (χ3n) is 4.63. The Labute approximate surface area is 123 Å². The Hall–Kier alpha value is -0.800. The lowest BCUT2D eigenvalue weighted by atomic mass is 9.79. The third kappa shape index (κ3) is 2.21. The van der Waals surface area contributed by atoms with Crippen molar-refractivity contribution in [2.24, 2.45) is 5.41 Å². The number of aliphatic hydroxyl groups excluding tert-OH is 1. The number of hydrogen-bond acceptors (Lipinski definition) is 3. The zero-order valence-electron chi connectivity index (χ0n) is 13.8. The first-order valence-electron chi connectivity index (χ1n) is 7.56. The number of allylic oxidation sites excluding steroid dienone is 1. The molecule has 3 heteroatoms. The lowest BCUT2D eigenvalue weighted by molar-refractivity contribution is -0.191. The summed E-state index contributed by atoms with van der Waals surface area (Å²) in [5, 5.41) is 12.7. The van der Waals surface area contributed by atoms with Crippen molar-refractivity contribution in [3.63, 3.8) is 0 Å². The predicted molar refractivity (Wildman–Crippen MR) is 81.9 cm³/mol. The lowest BCUT2D eigenvalue weighted by Gasteiger charge is -2.36. The minimum atomic E-state index is -0.509. The molecule has 1 N–H and O–H groups in total. The average molecular weight is 279 g/mol. The fraction of sp³-hybridized carbons (Fsp3) is 0.765. The molecular formula is C17H29NO2. The maximum absolute atomic E-state index is 10.6. The van der Waals surface area contributed by atoms with E-state index in [0.29, 0.717) is 6.42 Å². The second kappa shape index (κ2) is 4.60. The smallest absolute Gasteiger partial charge is 0.133 e. The van der Waals surface area contributed by atoms with Crippen LogP contribution < -0.4 is 0 Å². The number of fused-ring (bicyclic) bond motifs is 1. The van der Waals surface area contributed by atoms with E-state index >= 15 is 0 Å². The van der Waals surface area contributed by atoms with Crippen LogP contribution in [0.5, 0.6) is 0 Å². The molecular weight excluding hydrogens is 250 g/mol. The van der Waals surface area contributed by atoms with Gasteiger partial charge in [0.05, 0.1) is 17.2 Å². The fourth-order valence-electron chi connectivity index (χ4n) is 3.60. The molecule has 20 heavy (non-hydrogen) atoms. The van der Waals surface area contributed by atoms with E-state index in [-0.39, 0.29) is 16.5 Å². The van der Waals surface area contributed by atoms with Crippen LogP contribution in [0.25, 0.3) is 0 Å². The second-order valence-electron chi connectivity index (χ2n) is 8.00. The summed E-state index contributed by atoms with van der Waals surface area (Å²) in [7, 11) is 0. The highest BCUT2D eigenvalue weighted by Crippen LogP contribution is 2.54. The van der Waals surface area contributed by atoms with Gasteiger partial charge in [0.2, 0.25) is 0 Å². The Bertz CT molecular complexity index is 444. The molecule has 0 aliphatic carbocycles. The van der Waals surface area contributed by atoms with E-state index in [1.54, 1.807) is 6.08 Å². The minimum absolute atomic E-state index is 0.000892. The molecule has 2 rings (SSSR count). The van der Waals surface area contributed by atoms with Gasteiger partial charge in [-0.15, -0.1) is 11.6 Å². The molecule has 0 spiro atoms. The van der Waals surface area contributed by atoms with Crippen LogP contribution >= 0.6 is 0 Å². The van der Waals surface area contributed by atoms with E-state index in [2.05, 4.69) is 53.2 Å². The topological polar surface area (TPSA) is 32.7 Å². The summed E-state index contributed by atoms with van der Waals surface area (Å²) in [6.45, 7) is 16.8. The Morgan fingerprint density at radius 3 is 2.45 bits per heavy atom. The number of rotatable bonds is 3. The molecule has 0 bridgehead atoms. The number of hydrogen-bond donors (Lipinski definition) is 1. The number of nitrogens with zero attached hydrogens (tertiary/aromatic N) is 1. The van der Waals surface area contributed by atoms with Gasteiger partial charge in [-0.25, -0.2) is 0 Å². The maximum atomic E-state index is 10.6. The SMILES string of the molecule is C=CCC(O)C1=C(C(C)(C)C)ON2C(C)(C)CCC12C. The Balaban J connectivity index is 2.51. The molecule has 2 aliphatic rings. The molecule has 1 fully saturated rings. The van der Waals surface area contributed by atoms with E-state index < -0.39 is 6.10 Å². The predicted octanol–water partition coefficient (Wildman–Crippen LogP) is 3.80. The molecule has 0 aromatic carbocycles. The van der Waals surface area contributed by atoms with Crippen molar-refractivity contribution in [3.8, 4) is 0 Å². The molecule has 3 nitrogen and oxygen atoms in total. The Kier molecular flexibility index (Phi) is 3.59. The van der Waals surface area contributed by atoms with Gasteiger partial charge in [0.15, 0.2) is 0 Å². The van der Waals surface area contributed by atoms with Gasteiger partial charge in [-0.2, -0.15) is 0 Å². The average Bonchev–Trinajstić information content (AvgIpc) is 2.72. The van der Waals surface area contributed by atoms with Gasteiger partial charge < -0.3 is 9.94 Å². The van der Waals surface area contributed by atoms with Crippen LogP contribution in [0.1, 0.15) is 60.8 Å². The highest BCUT2D eigenvalue weighted by atomic mass is 16.7. The molecule has 114 valence electrons. The largest absolute Gasteiger partial charge is 0.408 e. The zero-order valence-corrected chi connectivity index (χ0v) is 13.8. The highest BCUT2D eigenvalue weighted by molar-refractivity contribution is 5.35. The van der Waals surface area contributed by atoms with Crippen LogP contribution in [0.15, 0.2) is 24.0 Å². The van der Waals surface area contributed by atoms with E-state index in [1.807, 2.05) is 0 Å². The minimum Gasteiger partial charge on any atom is -0.408 e. The standard InChI is InChI=1S/C17H29NO2/c1-8-9-12(19)13-14(15(2,3)4)20-18-16(5,6)10-11-17(13,18)7/h8,12,19H,1,9-11H2,2-7H3. The van der Waals surface area contributed by atoms with Crippen molar-refractivity contribution >= 4 is 0 Å². The van der Waals surface area contributed by atoms with Gasteiger partial charge >= 0.3 is 0 Å². The van der Waals surface area contributed by atoms with Crippen molar-refractivity contribution in [3.05, 3.63) is 24.0 Å². The monoisotopic (exact) mass is 279 g/mol. The molecule has 2 aliphatic heterocycles. The molecule has 2 unspecified atom stereocenters. The molecule has 1 saturated heterocycles. The number of aliphatic hydroxyl groups is 1. The van der Waals surface area contributed by atoms with Gasteiger partial charge in [0, 0.05) is 11.0 Å². The summed E-state index contributed by atoms with van der Waals surface area (Å²) in [5.74, 6) is 0.933. The second-order valence-corrected chi connectivity index (χ2v) is 8.00. The molecule has 0 radical (unpaired) electrons. The molecule has 0 aromatic rings. The van der Waals surface area contributed by atoms with E-state index in [9.17, 15) is 5.11 Å². The van der Waals surface area contributed by atoms with Crippen LogP contribution in [0.4, 0.5) is 0 Å². The summed E-state index contributed by atoms with van der Waals surface area (Å²) < 4.78 is 0. The Morgan fingerprint density at radius 1 is 1.35 bits per heavy atom. The van der Waals surface area contributed by atoms with Crippen LogP contribution in [0.2, 0.25) is 0 Å². The van der Waals surface area contributed by atoms with Crippen LogP contribution in [-0.2, 0) is 4.84 Å². The normalized spacial score (nSPS) is 31.1. The van der Waals surface area contributed by atoms with E-state index in [4.69, 9.17) is 4.84 Å². The van der Waals surface area contributed by atoms with Gasteiger partial charge in [-0.3, -0.25) is 0 Å². The van der Waals surface area contributed by atoms with Crippen molar-refractivity contribution in [2.45, 2.75) is 78.0 Å². The summed E-state index contributed by atoms with van der Waals surface area (Å²) in [6.07, 6.45) is 3.94. The van der Waals surface area contributed by atoms with Gasteiger partial charge in [0.1, 0.15) is 5.76 Å². The maximum Gasteiger partial charge on any atom is 0.133 e. The van der Waals surface area contributed by atoms with Crippen LogP contribution in [0.3, 0.4) is 0 Å². The third-order valence-corrected chi connectivity index (χ3v) is 4.63. The zero-order chi connectivity index (χ0) is 15.3. The first kappa shape index (κ1) is 15.6. The van der Waals surface area contributed by atoms with Crippen LogP contribution in [-0.4, -0.2) is 27.4 Å². The summed E-state index contributed by atoms with van der Waals surface area (Å²) in [4.78, 5) is 6.27. The van der Waals surface area contributed by atoms with Gasteiger partial charge in [-0.1, -0.05) is 26.8 Å². The van der Waals surface area contributed by atoms with Crippen molar-refractivity contribution in [2.75, 3.05) is 0 Å². The quantitative estimate of drug-likeness (QED) is 0.798. The summed E-state index contributed by atoms with van der Waals surface area (Å²) >= 11 is 0. The molecule has 0 saturated carbocycles. The van der Waals surface area contributed by atoms with Crippen molar-refractivity contribution < 1.29 is 9.94 Å². The van der Waals surface area contributed by atoms with E-state index in [0.717, 1.165) is 24.2 Å². The molecule has 0 amide bonds. The molecule has 2 heterocycles. The highest BCUT2D eigenvalue weighted by Gasteiger charge is 2.59. The number of hydroxylamine groups is 2. The Morgan fingerprint density at radius 2 is 1.95 bits per heavy atom. The van der Waals surface area contributed by atoms with Gasteiger partial charge in [0.25, 0.3) is 0 Å². The molecule has 0 aromatic heterocycles. The molecule has 2 atom stereocenters. The van der Waals surface area contributed by atoms with Crippen molar-refractivity contribution in [1.82, 2.24) is 5.06 Å². The van der Waals surface area contributed by atoms with Crippen molar-refractivity contribution in [1.29, 1.82) is 0 Å². The fourth-order valence-corrected chi connectivity index (χ4v) is 3.60. The summed E-state index contributed by atoms with van der Waals surface area (Å²) in [5.41, 5.74) is 0.742. The van der Waals surface area contributed by atoms with Crippen LogP contribution in [0, 0.1) is 5.41 Å². The first-order chi connectivity index (χ1) is 9.04. The van der Waals surface area contributed by atoms with E-state index in [1.165, 1.54) is 0 Å². The lowest BCUT2D eigenvalue weighted by Crippen LogP contribution is -2.47.